The summed E-state index contributed by atoms with van der Waals surface area (Å²) in [4.78, 5) is 27.4. The lowest BCUT2D eigenvalue weighted by molar-refractivity contribution is -0.146. The molecule has 0 saturated carbocycles. The number of carboxylic acid groups (broad SMARTS) is 1. The fraction of sp³-hybridized carbons (Fsp3) is 0.867. The predicted molar refractivity (Wildman–Crippen MR) is 80.1 cm³/mol. The van der Waals surface area contributed by atoms with Crippen molar-refractivity contribution < 1.29 is 14.7 Å². The highest BCUT2D eigenvalue weighted by atomic mass is 16.4. The summed E-state index contributed by atoms with van der Waals surface area (Å²) in [5.41, 5.74) is -0.793. The van der Waals surface area contributed by atoms with Crippen molar-refractivity contribution in [1.82, 2.24) is 15.1 Å². The third-order valence-corrected chi connectivity index (χ3v) is 4.87. The maximum absolute atomic E-state index is 12.1. The molecule has 2 aliphatic heterocycles. The summed E-state index contributed by atoms with van der Waals surface area (Å²) in [6.07, 6.45) is 1.64. The van der Waals surface area contributed by atoms with Crippen molar-refractivity contribution in [3.05, 3.63) is 0 Å². The van der Waals surface area contributed by atoms with Gasteiger partial charge in [-0.15, -0.1) is 0 Å². The lowest BCUT2D eigenvalue weighted by Gasteiger charge is -2.22. The number of urea groups is 1. The van der Waals surface area contributed by atoms with Gasteiger partial charge in [-0.25, -0.2) is 4.79 Å². The van der Waals surface area contributed by atoms with Crippen LogP contribution in [0.3, 0.4) is 0 Å². The number of carboxylic acids is 1. The van der Waals surface area contributed by atoms with Crippen molar-refractivity contribution in [1.29, 1.82) is 0 Å². The topological polar surface area (TPSA) is 72.9 Å². The fourth-order valence-electron chi connectivity index (χ4n) is 3.15. The highest BCUT2D eigenvalue weighted by Gasteiger charge is 2.42. The Bertz CT molecular complexity index is 413. The third kappa shape index (κ3) is 3.67. The van der Waals surface area contributed by atoms with Crippen LogP contribution in [0, 0.1) is 11.3 Å². The summed E-state index contributed by atoms with van der Waals surface area (Å²) < 4.78 is 0. The van der Waals surface area contributed by atoms with Gasteiger partial charge in [-0.1, -0.05) is 0 Å². The van der Waals surface area contributed by atoms with Gasteiger partial charge in [-0.3, -0.25) is 4.79 Å². The number of carbonyl (C=O) groups excluding carboxylic acids is 1. The van der Waals surface area contributed by atoms with Crippen LogP contribution in [0.1, 0.15) is 33.6 Å². The minimum Gasteiger partial charge on any atom is -0.481 e. The van der Waals surface area contributed by atoms with E-state index in [0.717, 1.165) is 19.5 Å². The number of likely N-dealkylation sites (tertiary alicyclic amines) is 2. The molecule has 2 atom stereocenters. The van der Waals surface area contributed by atoms with E-state index in [2.05, 4.69) is 24.1 Å². The van der Waals surface area contributed by atoms with Crippen LogP contribution in [0.5, 0.6) is 0 Å². The minimum atomic E-state index is -0.818. The number of amides is 2. The quantitative estimate of drug-likeness (QED) is 0.818. The smallest absolute Gasteiger partial charge is 0.317 e. The highest BCUT2D eigenvalue weighted by Crippen LogP contribution is 2.30. The predicted octanol–water partition coefficient (Wildman–Crippen LogP) is 1.22. The average Bonchev–Trinajstić information content (AvgIpc) is 3.03. The molecular formula is C15H27N3O3. The molecule has 0 radical (unpaired) electrons. The molecule has 2 aliphatic rings. The molecule has 2 amide bonds. The Morgan fingerprint density at radius 2 is 2.10 bits per heavy atom. The van der Waals surface area contributed by atoms with Crippen molar-refractivity contribution in [2.45, 2.75) is 39.7 Å². The summed E-state index contributed by atoms with van der Waals surface area (Å²) in [6.45, 7) is 9.73. The zero-order chi connectivity index (χ0) is 15.6. The van der Waals surface area contributed by atoms with E-state index in [-0.39, 0.29) is 6.03 Å². The zero-order valence-corrected chi connectivity index (χ0v) is 13.3. The number of rotatable bonds is 4. The SMILES string of the molecule is CC(C)N1CCC(CNC(=O)N2CCC(C)(C(=O)O)C2)C1. The number of carbonyl (C=O) groups is 2. The number of nitrogens with one attached hydrogen (secondary N) is 1. The normalized spacial score (nSPS) is 30.1. The molecule has 2 rings (SSSR count). The molecule has 0 aromatic carbocycles. The summed E-state index contributed by atoms with van der Waals surface area (Å²) >= 11 is 0. The van der Waals surface area contributed by atoms with E-state index < -0.39 is 11.4 Å². The van der Waals surface area contributed by atoms with Crippen molar-refractivity contribution in [3.63, 3.8) is 0 Å². The molecule has 2 unspecified atom stereocenters. The van der Waals surface area contributed by atoms with Crippen LogP contribution in [-0.4, -0.2) is 65.7 Å². The zero-order valence-electron chi connectivity index (χ0n) is 13.3. The van der Waals surface area contributed by atoms with E-state index in [0.29, 0.717) is 38.0 Å². The molecule has 6 heteroatoms. The molecule has 0 aromatic rings. The van der Waals surface area contributed by atoms with Crippen LogP contribution < -0.4 is 5.32 Å². The van der Waals surface area contributed by atoms with E-state index in [1.54, 1.807) is 11.8 Å². The van der Waals surface area contributed by atoms with Gasteiger partial charge in [0, 0.05) is 32.2 Å². The first kappa shape index (κ1) is 16.1. The molecule has 6 nitrogen and oxygen atoms in total. The molecule has 0 aliphatic carbocycles. The van der Waals surface area contributed by atoms with Crippen molar-refractivity contribution >= 4 is 12.0 Å². The van der Waals surface area contributed by atoms with Gasteiger partial charge in [0.25, 0.3) is 0 Å². The monoisotopic (exact) mass is 297 g/mol. The Hall–Kier alpha value is -1.30. The molecule has 0 aromatic heterocycles. The lowest BCUT2D eigenvalue weighted by Crippen LogP contribution is -2.42. The number of nitrogens with zero attached hydrogens (tertiary/aromatic N) is 2. The van der Waals surface area contributed by atoms with E-state index >= 15 is 0 Å². The molecule has 2 N–H and O–H groups in total. The van der Waals surface area contributed by atoms with Gasteiger partial charge in [0.15, 0.2) is 0 Å². The van der Waals surface area contributed by atoms with Crippen molar-refractivity contribution in [3.8, 4) is 0 Å². The first-order chi connectivity index (χ1) is 9.82. The molecule has 2 heterocycles. The van der Waals surface area contributed by atoms with Gasteiger partial charge in [0.2, 0.25) is 0 Å². The van der Waals surface area contributed by atoms with Gasteiger partial charge in [-0.2, -0.15) is 0 Å². The summed E-state index contributed by atoms with van der Waals surface area (Å²) in [5, 5.41) is 12.2. The molecule has 2 fully saturated rings. The Morgan fingerprint density at radius 3 is 2.62 bits per heavy atom. The van der Waals surface area contributed by atoms with Gasteiger partial charge < -0.3 is 20.2 Å². The second-order valence-electron chi connectivity index (χ2n) is 6.97. The second kappa shape index (κ2) is 6.22. The number of hydrogen-bond acceptors (Lipinski definition) is 3. The number of hydrogen-bond donors (Lipinski definition) is 2. The Kier molecular flexibility index (Phi) is 4.76. The average molecular weight is 297 g/mol. The van der Waals surface area contributed by atoms with Crippen LogP contribution >= 0.6 is 0 Å². The first-order valence-corrected chi connectivity index (χ1v) is 7.82. The third-order valence-electron chi connectivity index (χ3n) is 4.87. The minimum absolute atomic E-state index is 0.122. The summed E-state index contributed by atoms with van der Waals surface area (Å²) in [6, 6.07) is 0.434. The molecular weight excluding hydrogens is 270 g/mol. The van der Waals surface area contributed by atoms with Gasteiger partial charge in [0.1, 0.15) is 0 Å². The molecule has 21 heavy (non-hydrogen) atoms. The maximum atomic E-state index is 12.1. The summed E-state index contributed by atoms with van der Waals surface area (Å²) in [7, 11) is 0. The van der Waals surface area contributed by atoms with Crippen LogP contribution in [-0.2, 0) is 4.79 Å². The Labute approximate surface area is 126 Å². The molecule has 120 valence electrons. The fourth-order valence-corrected chi connectivity index (χ4v) is 3.15. The lowest BCUT2D eigenvalue weighted by atomic mass is 9.90. The van der Waals surface area contributed by atoms with Crippen LogP contribution in [0.15, 0.2) is 0 Å². The van der Waals surface area contributed by atoms with Crippen molar-refractivity contribution in [2.24, 2.45) is 11.3 Å². The van der Waals surface area contributed by atoms with E-state index in [1.807, 2.05) is 0 Å². The highest BCUT2D eigenvalue weighted by molar-refractivity contribution is 5.79. The van der Waals surface area contributed by atoms with Crippen LogP contribution in [0.25, 0.3) is 0 Å². The van der Waals surface area contributed by atoms with E-state index in [4.69, 9.17) is 0 Å². The van der Waals surface area contributed by atoms with Crippen LogP contribution in [0.2, 0.25) is 0 Å². The van der Waals surface area contributed by atoms with Gasteiger partial charge >= 0.3 is 12.0 Å². The molecule has 0 spiro atoms. The standard InChI is InChI=1S/C15H27N3O3/c1-11(2)17-6-4-12(9-17)8-16-14(21)18-7-5-15(3,10-18)13(19)20/h11-12H,4-10H2,1-3H3,(H,16,21)(H,19,20). The second-order valence-corrected chi connectivity index (χ2v) is 6.97. The van der Waals surface area contributed by atoms with E-state index in [9.17, 15) is 14.7 Å². The van der Waals surface area contributed by atoms with Gasteiger partial charge in [0.05, 0.1) is 5.41 Å². The largest absolute Gasteiger partial charge is 0.481 e. The van der Waals surface area contributed by atoms with Crippen LogP contribution in [0.4, 0.5) is 4.79 Å². The van der Waals surface area contributed by atoms with Gasteiger partial charge in [-0.05, 0) is 46.1 Å². The first-order valence-electron chi connectivity index (χ1n) is 7.82. The molecule has 2 saturated heterocycles. The van der Waals surface area contributed by atoms with E-state index in [1.165, 1.54) is 0 Å². The molecule has 0 bridgehead atoms. The Morgan fingerprint density at radius 1 is 1.38 bits per heavy atom. The Balaban J connectivity index is 1.75. The number of aliphatic carboxylic acids is 1. The maximum Gasteiger partial charge on any atom is 0.317 e. The van der Waals surface area contributed by atoms with Crippen molar-refractivity contribution in [2.75, 3.05) is 32.7 Å². The summed E-state index contributed by atoms with van der Waals surface area (Å²) in [5.74, 6) is -0.314.